The largest absolute Gasteiger partial charge is 0.486 e. The molecule has 2 aromatic carbocycles. The SMILES string of the molecule is N#Cc1ccc2cccc(C=CC(=O)NC[C@@H]3CN(c4ccc5c(c4)OCCO5)C(=O)O3)c2n1. The van der Waals surface area contributed by atoms with Crippen molar-refractivity contribution in [1.29, 1.82) is 5.26 Å². The maximum atomic E-state index is 12.4. The van der Waals surface area contributed by atoms with Crippen LogP contribution in [0, 0.1) is 11.3 Å². The average Bonchev–Trinajstić information content (AvgIpc) is 3.25. The van der Waals surface area contributed by atoms with Crippen molar-refractivity contribution in [3.63, 3.8) is 0 Å². The van der Waals surface area contributed by atoms with Crippen LogP contribution in [-0.2, 0) is 9.53 Å². The molecule has 1 aromatic heterocycles. The Kier molecular flexibility index (Phi) is 5.70. The highest BCUT2D eigenvalue weighted by Gasteiger charge is 2.33. The first-order valence-corrected chi connectivity index (χ1v) is 10.7. The summed E-state index contributed by atoms with van der Waals surface area (Å²) in [5, 5.41) is 12.7. The molecule has 0 bridgehead atoms. The molecule has 34 heavy (non-hydrogen) atoms. The van der Waals surface area contributed by atoms with Crippen LogP contribution in [0.25, 0.3) is 17.0 Å². The van der Waals surface area contributed by atoms with Gasteiger partial charge in [0.1, 0.15) is 31.1 Å². The minimum Gasteiger partial charge on any atom is -0.486 e. The van der Waals surface area contributed by atoms with Gasteiger partial charge in [0.05, 0.1) is 24.3 Å². The number of hydrogen-bond donors (Lipinski definition) is 1. The molecule has 3 aromatic rings. The van der Waals surface area contributed by atoms with Gasteiger partial charge in [-0.2, -0.15) is 5.26 Å². The summed E-state index contributed by atoms with van der Waals surface area (Å²) in [6.07, 6.45) is 2.07. The van der Waals surface area contributed by atoms with Crippen LogP contribution in [-0.4, -0.2) is 49.4 Å². The lowest BCUT2D eigenvalue weighted by molar-refractivity contribution is -0.116. The molecule has 1 fully saturated rings. The molecule has 0 saturated carbocycles. The number of nitriles is 1. The van der Waals surface area contributed by atoms with Crippen molar-refractivity contribution in [2.75, 3.05) is 31.2 Å². The number of nitrogens with zero attached hydrogens (tertiary/aromatic N) is 3. The molecule has 1 N–H and O–H groups in total. The van der Waals surface area contributed by atoms with Crippen LogP contribution in [0.3, 0.4) is 0 Å². The fraction of sp³-hybridized carbons (Fsp3) is 0.200. The maximum Gasteiger partial charge on any atom is 0.414 e. The van der Waals surface area contributed by atoms with E-state index in [1.807, 2.05) is 30.3 Å². The molecule has 0 radical (unpaired) electrons. The predicted octanol–water partition coefficient (Wildman–Crippen LogP) is 3.03. The third-order valence-electron chi connectivity index (χ3n) is 5.50. The van der Waals surface area contributed by atoms with Crippen molar-refractivity contribution < 1.29 is 23.8 Å². The number of pyridine rings is 1. The van der Waals surface area contributed by atoms with Crippen LogP contribution in [0.1, 0.15) is 11.3 Å². The zero-order chi connectivity index (χ0) is 23.5. The van der Waals surface area contributed by atoms with Crippen molar-refractivity contribution in [3.05, 3.63) is 65.9 Å². The average molecular weight is 456 g/mol. The fourth-order valence-corrected chi connectivity index (χ4v) is 3.84. The molecule has 0 spiro atoms. The topological polar surface area (TPSA) is 114 Å². The molecule has 1 atom stereocenters. The summed E-state index contributed by atoms with van der Waals surface area (Å²) in [7, 11) is 0. The molecular formula is C25H20N4O5. The highest BCUT2D eigenvalue weighted by Crippen LogP contribution is 2.35. The first kappa shape index (κ1) is 21.3. The first-order chi connectivity index (χ1) is 16.6. The number of anilines is 1. The standard InChI is InChI=1S/C25H20N4O5/c26-13-18-6-4-16-2-1-3-17(24(16)28-18)5-9-23(30)27-14-20-15-29(25(31)34-20)19-7-8-21-22(12-19)33-11-10-32-21/h1-9,12,20H,10-11,14-15H2,(H,27,30)/t20-/m1/s1. The van der Waals surface area contributed by atoms with Gasteiger partial charge in [-0.15, -0.1) is 0 Å². The van der Waals surface area contributed by atoms with Gasteiger partial charge in [-0.1, -0.05) is 18.2 Å². The number of hydrogen-bond acceptors (Lipinski definition) is 7. The van der Waals surface area contributed by atoms with Crippen LogP contribution in [0.5, 0.6) is 11.5 Å². The molecule has 2 amide bonds. The summed E-state index contributed by atoms with van der Waals surface area (Å²) in [6, 6.07) is 16.4. The number of cyclic esters (lactones) is 1. The number of nitrogens with one attached hydrogen (secondary N) is 1. The van der Waals surface area contributed by atoms with Gasteiger partial charge in [0, 0.05) is 23.1 Å². The molecule has 170 valence electrons. The Hall–Kier alpha value is -4.58. The van der Waals surface area contributed by atoms with Crippen LogP contribution in [0.2, 0.25) is 0 Å². The number of para-hydroxylation sites is 1. The van der Waals surface area contributed by atoms with Crippen LogP contribution < -0.4 is 19.7 Å². The van der Waals surface area contributed by atoms with E-state index in [1.165, 1.54) is 11.0 Å². The van der Waals surface area contributed by atoms with Gasteiger partial charge in [-0.05, 0) is 30.3 Å². The molecule has 1 saturated heterocycles. The number of benzene rings is 2. The van der Waals surface area contributed by atoms with Gasteiger partial charge in [0.15, 0.2) is 11.5 Å². The summed E-state index contributed by atoms with van der Waals surface area (Å²) in [4.78, 5) is 30.6. The predicted molar refractivity (Wildman–Crippen MR) is 124 cm³/mol. The third kappa shape index (κ3) is 4.34. The fourth-order valence-electron chi connectivity index (χ4n) is 3.84. The van der Waals surface area contributed by atoms with E-state index in [9.17, 15) is 9.59 Å². The number of ether oxygens (including phenoxy) is 3. The summed E-state index contributed by atoms with van der Waals surface area (Å²) >= 11 is 0. The Morgan fingerprint density at radius 2 is 2.03 bits per heavy atom. The van der Waals surface area contributed by atoms with Gasteiger partial charge in [-0.3, -0.25) is 9.69 Å². The van der Waals surface area contributed by atoms with Gasteiger partial charge >= 0.3 is 6.09 Å². The van der Waals surface area contributed by atoms with Crippen molar-refractivity contribution in [2.24, 2.45) is 0 Å². The second-order valence-electron chi connectivity index (χ2n) is 7.75. The minimum absolute atomic E-state index is 0.169. The van der Waals surface area contributed by atoms with Crippen LogP contribution in [0.4, 0.5) is 10.5 Å². The highest BCUT2D eigenvalue weighted by atomic mass is 16.6. The van der Waals surface area contributed by atoms with E-state index in [0.717, 1.165) is 10.9 Å². The summed E-state index contributed by atoms with van der Waals surface area (Å²) < 4.78 is 16.5. The molecular weight excluding hydrogens is 436 g/mol. The summed E-state index contributed by atoms with van der Waals surface area (Å²) in [6.45, 7) is 1.42. The Bertz CT molecular complexity index is 1350. The smallest absolute Gasteiger partial charge is 0.414 e. The second kappa shape index (κ2) is 9.11. The summed E-state index contributed by atoms with van der Waals surface area (Å²) in [5.74, 6) is 0.897. The molecule has 9 heteroatoms. The van der Waals surface area contributed by atoms with Gasteiger partial charge in [0.25, 0.3) is 0 Å². The molecule has 9 nitrogen and oxygen atoms in total. The van der Waals surface area contributed by atoms with E-state index < -0.39 is 12.2 Å². The second-order valence-corrected chi connectivity index (χ2v) is 7.75. The van der Waals surface area contributed by atoms with Crippen molar-refractivity contribution in [1.82, 2.24) is 10.3 Å². The lowest BCUT2D eigenvalue weighted by Gasteiger charge is -2.21. The zero-order valence-electron chi connectivity index (χ0n) is 18.1. The molecule has 5 rings (SSSR count). The highest BCUT2D eigenvalue weighted by molar-refractivity contribution is 5.95. The Morgan fingerprint density at radius 1 is 1.18 bits per heavy atom. The van der Waals surface area contributed by atoms with Gasteiger partial charge < -0.3 is 19.5 Å². The Balaban J connectivity index is 1.20. The maximum absolute atomic E-state index is 12.4. The van der Waals surface area contributed by atoms with E-state index >= 15 is 0 Å². The normalized spacial score (nSPS) is 17.0. The number of rotatable bonds is 5. The Morgan fingerprint density at radius 3 is 2.88 bits per heavy atom. The molecule has 2 aliphatic rings. The van der Waals surface area contributed by atoms with Crippen molar-refractivity contribution in [2.45, 2.75) is 6.10 Å². The lowest BCUT2D eigenvalue weighted by atomic mass is 10.1. The first-order valence-electron chi connectivity index (χ1n) is 10.7. The third-order valence-corrected chi connectivity index (χ3v) is 5.50. The van der Waals surface area contributed by atoms with Gasteiger partial charge in [0.2, 0.25) is 5.91 Å². The van der Waals surface area contributed by atoms with Crippen LogP contribution in [0.15, 0.2) is 54.6 Å². The quantitative estimate of drug-likeness (QED) is 0.587. The van der Waals surface area contributed by atoms with E-state index in [1.54, 1.807) is 30.3 Å². The van der Waals surface area contributed by atoms with Crippen molar-refractivity contribution >= 4 is 34.7 Å². The molecule has 0 unspecified atom stereocenters. The van der Waals surface area contributed by atoms with Crippen LogP contribution >= 0.6 is 0 Å². The molecule has 2 aliphatic heterocycles. The van der Waals surface area contributed by atoms with Gasteiger partial charge in [-0.25, -0.2) is 9.78 Å². The van der Waals surface area contributed by atoms with E-state index in [-0.39, 0.29) is 12.5 Å². The zero-order valence-corrected chi connectivity index (χ0v) is 18.1. The molecule has 0 aliphatic carbocycles. The minimum atomic E-state index is -0.490. The van der Waals surface area contributed by atoms with E-state index in [4.69, 9.17) is 19.5 Å². The lowest BCUT2D eigenvalue weighted by Crippen LogP contribution is -2.33. The van der Waals surface area contributed by atoms with E-state index in [2.05, 4.69) is 10.3 Å². The Labute approximate surface area is 195 Å². The monoisotopic (exact) mass is 456 g/mol. The van der Waals surface area contributed by atoms with Crippen molar-refractivity contribution in [3.8, 4) is 17.6 Å². The number of carbonyl (C=O) groups is 2. The van der Waals surface area contributed by atoms with E-state index in [0.29, 0.717) is 48.2 Å². The summed E-state index contributed by atoms with van der Waals surface area (Å²) in [5.41, 5.74) is 2.32. The number of fused-ring (bicyclic) bond motifs is 2. The molecule has 3 heterocycles. The number of carbonyl (C=O) groups excluding carboxylic acids is 2. The number of aromatic nitrogens is 1. The number of amides is 2.